The van der Waals surface area contributed by atoms with Gasteiger partial charge in [0.2, 0.25) is 0 Å². The smallest absolute Gasteiger partial charge is 0.327 e. The zero-order chi connectivity index (χ0) is 25.4. The average Bonchev–Trinajstić information content (AvgIpc) is 3.26. The molecule has 5 nitrogen and oxygen atoms in total. The minimum absolute atomic E-state index is 0.0102. The fourth-order valence-corrected chi connectivity index (χ4v) is 6.17. The number of fused-ring (bicyclic) bond motifs is 1. The van der Waals surface area contributed by atoms with Crippen LogP contribution in [-0.2, 0) is 32.8 Å². The van der Waals surface area contributed by atoms with E-state index in [1.54, 1.807) is 0 Å². The number of aliphatic hydroxyl groups excluding tert-OH is 1. The van der Waals surface area contributed by atoms with Crippen LogP contribution < -0.4 is 0 Å². The van der Waals surface area contributed by atoms with Crippen LogP contribution in [0.15, 0.2) is 53.6 Å². The molecule has 0 aliphatic carbocycles. The number of aromatic amines is 1. The number of nitrogens with one attached hydrogen (secondary N) is 1. The molecule has 3 aromatic rings. The van der Waals surface area contributed by atoms with E-state index in [1.807, 2.05) is 50.4 Å². The number of hydrogen-bond donors (Lipinski definition) is 2. The van der Waals surface area contributed by atoms with E-state index >= 15 is 0 Å². The van der Waals surface area contributed by atoms with Crippen LogP contribution in [0.4, 0.5) is 0 Å². The highest BCUT2D eigenvalue weighted by Crippen LogP contribution is 2.43. The predicted octanol–water partition coefficient (Wildman–Crippen LogP) is 5.96. The molecule has 0 amide bonds. The molecule has 186 valence electrons. The van der Waals surface area contributed by atoms with Crippen LogP contribution >= 0.6 is 11.8 Å². The summed E-state index contributed by atoms with van der Waals surface area (Å²) in [5, 5.41) is 9.86. The summed E-state index contributed by atoms with van der Waals surface area (Å²) in [6.07, 6.45) is 3.27. The van der Waals surface area contributed by atoms with Crippen LogP contribution in [0.25, 0.3) is 10.9 Å². The Hall–Kier alpha value is -2.57. The van der Waals surface area contributed by atoms with E-state index in [2.05, 4.69) is 37.9 Å². The molecule has 1 fully saturated rings. The minimum Gasteiger partial charge on any atom is -0.457 e. The second-order valence-electron chi connectivity index (χ2n) is 10.9. The molecule has 2 atom stereocenters. The molecule has 2 unspecified atom stereocenters. The molecule has 1 aliphatic rings. The fraction of sp³-hybridized carbons (Fsp3) is 0.448. The molecule has 2 aromatic carbocycles. The quantitative estimate of drug-likeness (QED) is 0.313. The molecule has 1 aliphatic heterocycles. The number of carbonyl (C=O) groups is 2. The van der Waals surface area contributed by atoms with E-state index in [9.17, 15) is 14.7 Å². The monoisotopic (exact) mass is 493 g/mol. The number of Topliss-reactive ketones (excluding diaryl/α,β-unsaturated/α-hetero) is 1. The van der Waals surface area contributed by atoms with E-state index in [4.69, 9.17) is 4.74 Å². The minimum atomic E-state index is -0.871. The lowest BCUT2D eigenvalue weighted by Gasteiger charge is -2.42. The Morgan fingerprint density at radius 3 is 2.49 bits per heavy atom. The maximum Gasteiger partial charge on any atom is 0.327 e. The Morgan fingerprint density at radius 2 is 1.86 bits per heavy atom. The van der Waals surface area contributed by atoms with Crippen molar-refractivity contribution in [3.63, 3.8) is 0 Å². The van der Waals surface area contributed by atoms with Gasteiger partial charge in [0.1, 0.15) is 5.60 Å². The number of H-pyrrole nitrogens is 1. The number of rotatable bonds is 7. The largest absolute Gasteiger partial charge is 0.457 e. The van der Waals surface area contributed by atoms with Crippen molar-refractivity contribution in [1.29, 1.82) is 0 Å². The van der Waals surface area contributed by atoms with Crippen molar-refractivity contribution < 1.29 is 19.4 Å². The summed E-state index contributed by atoms with van der Waals surface area (Å²) < 4.78 is 6.13. The number of esters is 1. The molecular weight excluding hydrogens is 458 g/mol. The molecule has 0 bridgehead atoms. The van der Waals surface area contributed by atoms with Gasteiger partial charge in [0.15, 0.2) is 11.0 Å². The SMILES string of the molecule is CC(C)C1(CCc2ccccc2CO)CC(=O)C(Sc2cc3cc[nH]c3cc2C(C)(C)C)C(=O)O1. The van der Waals surface area contributed by atoms with Crippen LogP contribution in [0.2, 0.25) is 0 Å². The number of aryl methyl sites for hydroxylation is 1. The van der Waals surface area contributed by atoms with Crippen LogP contribution in [0.3, 0.4) is 0 Å². The lowest BCUT2D eigenvalue weighted by molar-refractivity contribution is -0.176. The van der Waals surface area contributed by atoms with Crippen molar-refractivity contribution in [1.82, 2.24) is 4.98 Å². The molecule has 0 spiro atoms. The van der Waals surface area contributed by atoms with Crippen molar-refractivity contribution in [3.8, 4) is 0 Å². The van der Waals surface area contributed by atoms with Crippen molar-refractivity contribution in [2.45, 2.75) is 81.6 Å². The number of cyclic esters (lactones) is 1. The molecule has 35 heavy (non-hydrogen) atoms. The van der Waals surface area contributed by atoms with Crippen molar-refractivity contribution >= 4 is 34.4 Å². The molecule has 0 saturated carbocycles. The number of carbonyl (C=O) groups excluding carboxylic acids is 2. The van der Waals surface area contributed by atoms with Gasteiger partial charge in [-0.1, -0.05) is 58.9 Å². The first-order valence-corrected chi connectivity index (χ1v) is 13.1. The van der Waals surface area contributed by atoms with E-state index in [1.165, 1.54) is 11.8 Å². The number of hydrogen-bond acceptors (Lipinski definition) is 5. The number of ether oxygens (including phenoxy) is 1. The van der Waals surface area contributed by atoms with Gasteiger partial charge in [-0.2, -0.15) is 0 Å². The molecule has 2 N–H and O–H groups in total. The second kappa shape index (κ2) is 9.82. The molecule has 4 rings (SSSR count). The molecule has 1 saturated heterocycles. The summed E-state index contributed by atoms with van der Waals surface area (Å²) in [4.78, 5) is 31.0. The molecule has 0 radical (unpaired) electrons. The van der Waals surface area contributed by atoms with E-state index in [0.29, 0.717) is 12.8 Å². The summed E-state index contributed by atoms with van der Waals surface area (Å²) in [5.41, 5.74) is 3.03. The van der Waals surface area contributed by atoms with Crippen LogP contribution in [-0.4, -0.2) is 32.7 Å². The Kier molecular flexibility index (Phi) is 7.16. The summed E-state index contributed by atoms with van der Waals surface area (Å²) >= 11 is 1.31. The maximum absolute atomic E-state index is 13.5. The molecule has 1 aromatic heterocycles. The Balaban J connectivity index is 1.58. The van der Waals surface area contributed by atoms with Gasteiger partial charge in [0.05, 0.1) is 6.61 Å². The average molecular weight is 494 g/mol. The highest BCUT2D eigenvalue weighted by molar-refractivity contribution is 8.01. The lowest BCUT2D eigenvalue weighted by atomic mass is 9.78. The lowest BCUT2D eigenvalue weighted by Crippen LogP contribution is -2.52. The van der Waals surface area contributed by atoms with Crippen LogP contribution in [0.1, 0.15) is 64.2 Å². The van der Waals surface area contributed by atoms with Gasteiger partial charge in [-0.25, -0.2) is 0 Å². The standard InChI is InChI=1S/C29H35NO4S/c1-18(2)29(12-10-19-8-6-7-9-21(19)17-31)16-24(32)26(27(33)34-29)35-25-14-20-11-13-30-23(20)15-22(25)28(3,4)5/h6-9,11,13-15,18,26,30-31H,10,12,16-17H2,1-5H3. The van der Waals surface area contributed by atoms with Crippen LogP contribution in [0, 0.1) is 5.92 Å². The number of ketones is 1. The van der Waals surface area contributed by atoms with Gasteiger partial charge in [0.25, 0.3) is 0 Å². The van der Waals surface area contributed by atoms with Crippen molar-refractivity contribution in [3.05, 3.63) is 65.4 Å². The van der Waals surface area contributed by atoms with Crippen LogP contribution in [0.5, 0.6) is 0 Å². The molecule has 2 heterocycles. The van der Waals surface area contributed by atoms with Gasteiger partial charge in [-0.3, -0.25) is 9.59 Å². The Labute approximate surface area is 211 Å². The first-order chi connectivity index (χ1) is 16.5. The zero-order valence-corrected chi connectivity index (χ0v) is 22.0. The van der Waals surface area contributed by atoms with Crippen molar-refractivity contribution in [2.75, 3.05) is 0 Å². The first kappa shape index (κ1) is 25.5. The number of benzene rings is 2. The van der Waals surface area contributed by atoms with Gasteiger partial charge in [-0.05, 0) is 59.1 Å². The van der Waals surface area contributed by atoms with E-state index < -0.39 is 16.8 Å². The van der Waals surface area contributed by atoms with E-state index in [-0.39, 0.29) is 30.1 Å². The van der Waals surface area contributed by atoms with E-state index in [0.717, 1.165) is 32.5 Å². The zero-order valence-electron chi connectivity index (χ0n) is 21.2. The topological polar surface area (TPSA) is 79.4 Å². The number of aliphatic hydroxyl groups is 1. The van der Waals surface area contributed by atoms with Gasteiger partial charge >= 0.3 is 5.97 Å². The first-order valence-electron chi connectivity index (χ1n) is 12.3. The third-order valence-corrected chi connectivity index (χ3v) is 8.43. The number of aromatic nitrogens is 1. The normalized spacial score (nSPS) is 21.1. The van der Waals surface area contributed by atoms with Crippen molar-refractivity contribution in [2.24, 2.45) is 5.92 Å². The third-order valence-electron chi connectivity index (χ3n) is 7.15. The fourth-order valence-electron chi connectivity index (χ4n) is 4.87. The Bertz CT molecular complexity index is 1220. The highest BCUT2D eigenvalue weighted by Gasteiger charge is 2.49. The highest BCUT2D eigenvalue weighted by atomic mass is 32.2. The predicted molar refractivity (Wildman–Crippen MR) is 141 cm³/mol. The Morgan fingerprint density at radius 1 is 1.14 bits per heavy atom. The summed E-state index contributed by atoms with van der Waals surface area (Å²) in [5.74, 6) is -0.544. The van der Waals surface area contributed by atoms with Gasteiger partial charge in [0, 0.05) is 28.4 Å². The number of thioether (sulfide) groups is 1. The molecular formula is C29H35NO4S. The summed E-state index contributed by atoms with van der Waals surface area (Å²) in [7, 11) is 0. The summed E-state index contributed by atoms with van der Waals surface area (Å²) in [6, 6.07) is 13.9. The van der Waals surface area contributed by atoms with Gasteiger partial charge in [-0.15, -0.1) is 11.8 Å². The molecule has 6 heteroatoms. The summed E-state index contributed by atoms with van der Waals surface area (Å²) in [6.45, 7) is 10.4. The third kappa shape index (κ3) is 5.19. The second-order valence-corrected chi connectivity index (χ2v) is 12.0. The van der Waals surface area contributed by atoms with Gasteiger partial charge < -0.3 is 14.8 Å². The maximum atomic E-state index is 13.5.